The summed E-state index contributed by atoms with van der Waals surface area (Å²) in [5, 5.41) is 5.05. The van der Waals surface area contributed by atoms with Crippen LogP contribution in [-0.4, -0.2) is 25.0 Å². The van der Waals surface area contributed by atoms with Gasteiger partial charge in [0.2, 0.25) is 5.91 Å². The van der Waals surface area contributed by atoms with Gasteiger partial charge in [0, 0.05) is 17.5 Å². The van der Waals surface area contributed by atoms with Crippen molar-refractivity contribution in [3.05, 3.63) is 69.8 Å². The monoisotopic (exact) mass is 448 g/mol. The van der Waals surface area contributed by atoms with Crippen molar-refractivity contribution in [3.8, 4) is 5.75 Å². The molecule has 10 heteroatoms. The van der Waals surface area contributed by atoms with Gasteiger partial charge in [-0.15, -0.1) is 0 Å². The number of rotatable bonds is 8. The number of ether oxygens (including phenoxy) is 1. The molecule has 1 aromatic heterocycles. The molecule has 2 amide bonds. The predicted octanol–water partition coefficient (Wildman–Crippen LogP) is 3.30. The van der Waals surface area contributed by atoms with E-state index in [-0.39, 0.29) is 5.75 Å². The van der Waals surface area contributed by atoms with Crippen LogP contribution < -0.4 is 21.0 Å². The number of carbonyl (C=O) groups is 2. The molecule has 0 radical (unpaired) electrons. The SMILES string of the molecule is CCCc1cc(=O)oc2cc(OCC(=O)NCC(=O)Nc3ccc(F)c(F)c3F)ccc12. The van der Waals surface area contributed by atoms with Gasteiger partial charge in [-0.25, -0.2) is 18.0 Å². The molecule has 0 unspecified atom stereocenters. The Morgan fingerprint density at radius 2 is 1.81 bits per heavy atom. The average molecular weight is 448 g/mol. The maximum Gasteiger partial charge on any atom is 0.336 e. The Bertz CT molecular complexity index is 1230. The molecule has 2 N–H and O–H groups in total. The Morgan fingerprint density at radius 1 is 1.03 bits per heavy atom. The molecular formula is C22H19F3N2O5. The van der Waals surface area contributed by atoms with Gasteiger partial charge in [-0.2, -0.15) is 0 Å². The number of nitrogens with one attached hydrogen (secondary N) is 2. The molecule has 0 atom stereocenters. The van der Waals surface area contributed by atoms with E-state index < -0.39 is 53.7 Å². The van der Waals surface area contributed by atoms with Gasteiger partial charge < -0.3 is 19.8 Å². The number of amides is 2. The molecule has 2 aromatic carbocycles. The fraction of sp³-hybridized carbons (Fsp3) is 0.227. The number of anilines is 1. The summed E-state index contributed by atoms with van der Waals surface area (Å²) in [7, 11) is 0. The Hall–Kier alpha value is -3.82. The predicted molar refractivity (Wildman–Crippen MR) is 110 cm³/mol. The van der Waals surface area contributed by atoms with E-state index in [1.54, 1.807) is 12.1 Å². The number of aryl methyl sites for hydroxylation is 1. The van der Waals surface area contributed by atoms with Gasteiger partial charge in [-0.05, 0) is 36.2 Å². The van der Waals surface area contributed by atoms with E-state index in [1.165, 1.54) is 12.1 Å². The smallest absolute Gasteiger partial charge is 0.336 e. The topological polar surface area (TPSA) is 97.6 Å². The summed E-state index contributed by atoms with van der Waals surface area (Å²) in [5.74, 6) is -5.88. The van der Waals surface area contributed by atoms with E-state index in [1.807, 2.05) is 12.2 Å². The second kappa shape index (κ2) is 9.99. The molecule has 1 heterocycles. The van der Waals surface area contributed by atoms with Crippen molar-refractivity contribution in [1.29, 1.82) is 0 Å². The molecule has 3 aromatic rings. The van der Waals surface area contributed by atoms with Crippen LogP contribution in [0.15, 0.2) is 45.6 Å². The summed E-state index contributed by atoms with van der Waals surface area (Å²) in [6.45, 7) is 0.996. The standard InChI is InChI=1S/C22H19F3N2O5/c1-2-3-12-8-20(30)32-17-9-13(4-5-14(12)17)31-11-19(29)26-10-18(28)27-16-7-6-15(23)21(24)22(16)25/h4-9H,2-3,10-11H2,1H3,(H,26,29)(H,27,28). The largest absolute Gasteiger partial charge is 0.484 e. The first-order chi connectivity index (χ1) is 15.3. The van der Waals surface area contributed by atoms with Crippen LogP contribution in [0.25, 0.3) is 11.0 Å². The maximum atomic E-state index is 13.6. The molecule has 0 bridgehead atoms. The molecule has 0 saturated carbocycles. The van der Waals surface area contributed by atoms with Crippen LogP contribution in [0.3, 0.4) is 0 Å². The molecule has 3 rings (SSSR count). The summed E-state index contributed by atoms with van der Waals surface area (Å²) < 4.78 is 50.2. The lowest BCUT2D eigenvalue weighted by Gasteiger charge is -2.10. The molecule has 0 spiro atoms. The zero-order chi connectivity index (χ0) is 23.3. The summed E-state index contributed by atoms with van der Waals surface area (Å²) in [5.41, 5.74) is 0.136. The van der Waals surface area contributed by atoms with Gasteiger partial charge in [0.05, 0.1) is 12.2 Å². The van der Waals surface area contributed by atoms with Crippen molar-refractivity contribution < 1.29 is 31.9 Å². The molecule has 168 valence electrons. The molecule has 0 fully saturated rings. The fourth-order valence-electron chi connectivity index (χ4n) is 2.97. The third-order valence-electron chi connectivity index (χ3n) is 4.45. The van der Waals surface area contributed by atoms with E-state index in [0.29, 0.717) is 18.1 Å². The second-order valence-electron chi connectivity index (χ2n) is 6.84. The van der Waals surface area contributed by atoms with Gasteiger partial charge in [-0.1, -0.05) is 13.3 Å². The Labute approximate surface area is 180 Å². The minimum atomic E-state index is -1.71. The fourth-order valence-corrected chi connectivity index (χ4v) is 2.97. The Kier molecular flexibility index (Phi) is 7.14. The van der Waals surface area contributed by atoms with Crippen LogP contribution in [-0.2, 0) is 16.0 Å². The van der Waals surface area contributed by atoms with Gasteiger partial charge in [-0.3, -0.25) is 9.59 Å². The lowest BCUT2D eigenvalue weighted by Crippen LogP contribution is -2.36. The summed E-state index contributed by atoms with van der Waals surface area (Å²) >= 11 is 0. The van der Waals surface area contributed by atoms with Crippen molar-refractivity contribution in [2.24, 2.45) is 0 Å². The Balaban J connectivity index is 1.54. The molecule has 0 aliphatic heterocycles. The summed E-state index contributed by atoms with van der Waals surface area (Å²) in [6.07, 6.45) is 1.56. The van der Waals surface area contributed by atoms with Crippen molar-refractivity contribution in [3.63, 3.8) is 0 Å². The highest BCUT2D eigenvalue weighted by Gasteiger charge is 2.16. The molecule has 7 nitrogen and oxygen atoms in total. The second-order valence-corrected chi connectivity index (χ2v) is 6.84. The van der Waals surface area contributed by atoms with Crippen LogP contribution in [0.4, 0.5) is 18.9 Å². The van der Waals surface area contributed by atoms with Crippen molar-refractivity contribution in [2.75, 3.05) is 18.5 Å². The van der Waals surface area contributed by atoms with E-state index in [4.69, 9.17) is 9.15 Å². The minimum Gasteiger partial charge on any atom is -0.484 e. The highest BCUT2D eigenvalue weighted by molar-refractivity contribution is 5.94. The molecule has 0 aliphatic carbocycles. The van der Waals surface area contributed by atoms with E-state index >= 15 is 0 Å². The normalized spacial score (nSPS) is 10.8. The van der Waals surface area contributed by atoms with Crippen molar-refractivity contribution in [2.45, 2.75) is 19.8 Å². The van der Waals surface area contributed by atoms with Crippen LogP contribution in [0, 0.1) is 17.5 Å². The van der Waals surface area contributed by atoms with Crippen LogP contribution in [0.5, 0.6) is 5.75 Å². The molecule has 32 heavy (non-hydrogen) atoms. The van der Waals surface area contributed by atoms with E-state index in [2.05, 4.69) is 5.32 Å². The van der Waals surface area contributed by atoms with Crippen LogP contribution in [0.2, 0.25) is 0 Å². The molecular weight excluding hydrogens is 429 g/mol. The lowest BCUT2D eigenvalue weighted by atomic mass is 10.1. The lowest BCUT2D eigenvalue weighted by molar-refractivity contribution is -0.125. The first kappa shape index (κ1) is 22.9. The van der Waals surface area contributed by atoms with Crippen molar-refractivity contribution >= 4 is 28.5 Å². The summed E-state index contributed by atoms with van der Waals surface area (Å²) in [6, 6.07) is 7.80. The number of halogens is 3. The quantitative estimate of drug-likeness (QED) is 0.407. The first-order valence-corrected chi connectivity index (χ1v) is 9.68. The number of hydrogen-bond donors (Lipinski definition) is 2. The Morgan fingerprint density at radius 3 is 2.56 bits per heavy atom. The zero-order valence-electron chi connectivity index (χ0n) is 17.0. The highest BCUT2D eigenvalue weighted by Crippen LogP contribution is 2.23. The van der Waals surface area contributed by atoms with Crippen molar-refractivity contribution in [1.82, 2.24) is 5.32 Å². The molecule has 0 saturated heterocycles. The zero-order valence-corrected chi connectivity index (χ0v) is 17.0. The van der Waals surface area contributed by atoms with E-state index in [9.17, 15) is 27.6 Å². The third kappa shape index (κ3) is 5.45. The maximum absolute atomic E-state index is 13.6. The van der Waals surface area contributed by atoms with Gasteiger partial charge in [0.15, 0.2) is 24.1 Å². The number of carbonyl (C=O) groups excluding carboxylic acids is 2. The van der Waals surface area contributed by atoms with Crippen LogP contribution >= 0.6 is 0 Å². The number of benzene rings is 2. The number of fused-ring (bicyclic) bond motifs is 1. The third-order valence-corrected chi connectivity index (χ3v) is 4.45. The summed E-state index contributed by atoms with van der Waals surface area (Å²) in [4.78, 5) is 35.5. The van der Waals surface area contributed by atoms with Gasteiger partial charge in [0.25, 0.3) is 5.91 Å². The first-order valence-electron chi connectivity index (χ1n) is 9.68. The molecule has 0 aliphatic rings. The van der Waals surface area contributed by atoms with Crippen LogP contribution in [0.1, 0.15) is 18.9 Å². The minimum absolute atomic E-state index is 0.276. The highest BCUT2D eigenvalue weighted by atomic mass is 19.2. The van der Waals surface area contributed by atoms with Gasteiger partial charge in [0.1, 0.15) is 11.3 Å². The average Bonchev–Trinajstić information content (AvgIpc) is 2.76. The number of hydrogen-bond acceptors (Lipinski definition) is 5. The van der Waals surface area contributed by atoms with E-state index in [0.717, 1.165) is 23.4 Å². The van der Waals surface area contributed by atoms with Gasteiger partial charge >= 0.3 is 5.63 Å².